The van der Waals surface area contributed by atoms with Crippen LogP contribution >= 0.6 is 11.8 Å². The maximum absolute atomic E-state index is 13.1. The van der Waals surface area contributed by atoms with Crippen molar-refractivity contribution in [3.05, 3.63) is 90.0 Å². The minimum atomic E-state index is -0.383. The molecule has 11 heteroatoms. The molecular weight excluding hydrogens is 509 g/mol. The second-order valence-electron chi connectivity index (χ2n) is 7.89. The fourth-order valence-corrected chi connectivity index (χ4v) is 4.34. The van der Waals surface area contributed by atoms with E-state index >= 15 is 0 Å². The van der Waals surface area contributed by atoms with Crippen molar-refractivity contribution >= 4 is 29.3 Å². The standard InChI is InChI=1S/C27H26FN5O4S/c1-3-37-21-14-12-20(13-15-21)33-24(16-29-26(35)22-6-4-5-7-23(22)36-2)31-32-27(33)38-17-25(34)30-19-10-8-18(28)9-11-19/h4-15H,3,16-17H2,1-2H3,(H,29,35)(H,30,34). The highest BCUT2D eigenvalue weighted by molar-refractivity contribution is 7.99. The zero-order chi connectivity index (χ0) is 26.9. The monoisotopic (exact) mass is 535 g/mol. The minimum absolute atomic E-state index is 0.0418. The van der Waals surface area contributed by atoms with E-state index in [-0.39, 0.29) is 29.9 Å². The Morgan fingerprint density at radius 2 is 1.74 bits per heavy atom. The number of carbonyl (C=O) groups is 2. The molecule has 0 fully saturated rings. The summed E-state index contributed by atoms with van der Waals surface area (Å²) in [6.45, 7) is 2.53. The third kappa shape index (κ3) is 6.68. The molecule has 0 atom stereocenters. The van der Waals surface area contributed by atoms with Crippen molar-refractivity contribution in [1.29, 1.82) is 0 Å². The molecule has 0 bridgehead atoms. The summed E-state index contributed by atoms with van der Waals surface area (Å²) in [5.74, 6) is 0.695. The highest BCUT2D eigenvalue weighted by Crippen LogP contribution is 2.25. The van der Waals surface area contributed by atoms with Crippen LogP contribution in [0.2, 0.25) is 0 Å². The van der Waals surface area contributed by atoms with Gasteiger partial charge in [-0.1, -0.05) is 23.9 Å². The number of hydrogen-bond acceptors (Lipinski definition) is 7. The van der Waals surface area contributed by atoms with E-state index in [0.717, 1.165) is 5.69 Å². The van der Waals surface area contributed by atoms with Crippen LogP contribution in [0.5, 0.6) is 11.5 Å². The number of methoxy groups -OCH3 is 1. The first kappa shape index (κ1) is 26.7. The number of rotatable bonds is 11. The first-order valence-electron chi connectivity index (χ1n) is 11.8. The molecule has 4 rings (SSSR count). The highest BCUT2D eigenvalue weighted by atomic mass is 32.2. The van der Waals surface area contributed by atoms with Crippen molar-refractivity contribution < 1.29 is 23.5 Å². The van der Waals surface area contributed by atoms with Crippen molar-refractivity contribution in [2.75, 3.05) is 24.8 Å². The first-order valence-corrected chi connectivity index (χ1v) is 12.7. The van der Waals surface area contributed by atoms with E-state index in [0.29, 0.717) is 40.3 Å². The number of anilines is 1. The maximum Gasteiger partial charge on any atom is 0.255 e. The van der Waals surface area contributed by atoms with Gasteiger partial charge in [0.25, 0.3) is 5.91 Å². The Kier molecular flexibility index (Phi) is 8.94. The maximum atomic E-state index is 13.1. The van der Waals surface area contributed by atoms with Gasteiger partial charge in [-0.05, 0) is 67.6 Å². The molecule has 3 aromatic carbocycles. The van der Waals surface area contributed by atoms with Gasteiger partial charge in [-0.2, -0.15) is 0 Å². The zero-order valence-corrected chi connectivity index (χ0v) is 21.6. The molecule has 0 aliphatic rings. The average Bonchev–Trinajstić information content (AvgIpc) is 3.35. The Balaban J connectivity index is 1.52. The number of benzene rings is 3. The topological polar surface area (TPSA) is 107 Å². The third-order valence-corrected chi connectivity index (χ3v) is 6.25. The lowest BCUT2D eigenvalue weighted by atomic mass is 10.2. The number of para-hydroxylation sites is 1. The molecule has 2 N–H and O–H groups in total. The van der Waals surface area contributed by atoms with E-state index in [1.165, 1.54) is 43.1 Å². The summed E-state index contributed by atoms with van der Waals surface area (Å²) in [6.07, 6.45) is 0. The Bertz CT molecular complexity index is 1390. The number of carbonyl (C=O) groups excluding carboxylic acids is 2. The van der Waals surface area contributed by atoms with Crippen LogP contribution in [0.1, 0.15) is 23.1 Å². The van der Waals surface area contributed by atoms with Gasteiger partial charge in [0.1, 0.15) is 17.3 Å². The lowest BCUT2D eigenvalue weighted by Crippen LogP contribution is -2.25. The number of nitrogens with zero attached hydrogens (tertiary/aromatic N) is 3. The number of halogens is 1. The molecule has 0 saturated carbocycles. The van der Waals surface area contributed by atoms with Gasteiger partial charge in [0.2, 0.25) is 5.91 Å². The molecule has 0 aliphatic carbocycles. The first-order chi connectivity index (χ1) is 18.5. The number of ether oxygens (including phenoxy) is 2. The van der Waals surface area contributed by atoms with E-state index in [9.17, 15) is 14.0 Å². The number of thioether (sulfide) groups is 1. The van der Waals surface area contributed by atoms with Gasteiger partial charge >= 0.3 is 0 Å². The smallest absolute Gasteiger partial charge is 0.255 e. The second-order valence-corrected chi connectivity index (χ2v) is 8.83. The van der Waals surface area contributed by atoms with E-state index < -0.39 is 0 Å². The quantitative estimate of drug-likeness (QED) is 0.273. The van der Waals surface area contributed by atoms with Crippen molar-refractivity contribution in [3.63, 3.8) is 0 Å². The van der Waals surface area contributed by atoms with E-state index in [1.807, 2.05) is 31.2 Å². The molecule has 1 aromatic heterocycles. The van der Waals surface area contributed by atoms with Crippen molar-refractivity contribution in [2.45, 2.75) is 18.6 Å². The SMILES string of the molecule is CCOc1ccc(-n2c(CNC(=O)c3ccccc3OC)nnc2SCC(=O)Nc2ccc(F)cc2)cc1. The highest BCUT2D eigenvalue weighted by Gasteiger charge is 2.18. The molecule has 2 amide bonds. The number of amides is 2. The molecule has 196 valence electrons. The van der Waals surface area contributed by atoms with Gasteiger partial charge in [-0.3, -0.25) is 14.2 Å². The van der Waals surface area contributed by atoms with Crippen molar-refractivity contribution in [3.8, 4) is 17.2 Å². The van der Waals surface area contributed by atoms with Gasteiger partial charge in [-0.25, -0.2) is 4.39 Å². The lowest BCUT2D eigenvalue weighted by molar-refractivity contribution is -0.113. The summed E-state index contributed by atoms with van der Waals surface area (Å²) in [6, 6.07) is 19.8. The summed E-state index contributed by atoms with van der Waals surface area (Å²) in [5.41, 5.74) is 1.63. The fourth-order valence-electron chi connectivity index (χ4n) is 3.57. The molecule has 4 aromatic rings. The summed E-state index contributed by atoms with van der Waals surface area (Å²) in [7, 11) is 1.50. The van der Waals surface area contributed by atoms with Gasteiger partial charge in [0, 0.05) is 11.4 Å². The van der Waals surface area contributed by atoms with Crippen LogP contribution < -0.4 is 20.1 Å². The van der Waals surface area contributed by atoms with Gasteiger partial charge < -0.3 is 20.1 Å². The van der Waals surface area contributed by atoms with Gasteiger partial charge in [-0.15, -0.1) is 10.2 Å². The summed E-state index contributed by atoms with van der Waals surface area (Å²) < 4.78 is 25.7. The lowest BCUT2D eigenvalue weighted by Gasteiger charge is -2.13. The zero-order valence-electron chi connectivity index (χ0n) is 20.8. The third-order valence-electron chi connectivity index (χ3n) is 5.33. The molecule has 0 spiro atoms. The summed E-state index contributed by atoms with van der Waals surface area (Å²) in [4.78, 5) is 25.3. The minimum Gasteiger partial charge on any atom is -0.496 e. The summed E-state index contributed by atoms with van der Waals surface area (Å²) in [5, 5.41) is 14.6. The fraction of sp³-hybridized carbons (Fsp3) is 0.185. The molecule has 1 heterocycles. The molecule has 0 radical (unpaired) electrons. The Morgan fingerprint density at radius 1 is 1.00 bits per heavy atom. The van der Waals surface area contributed by atoms with Crippen LogP contribution in [0.3, 0.4) is 0 Å². The van der Waals surface area contributed by atoms with E-state index in [4.69, 9.17) is 9.47 Å². The predicted octanol–water partition coefficient (Wildman–Crippen LogP) is 4.47. The molecule has 0 aliphatic heterocycles. The largest absolute Gasteiger partial charge is 0.496 e. The van der Waals surface area contributed by atoms with Gasteiger partial charge in [0.05, 0.1) is 31.6 Å². The number of aromatic nitrogens is 3. The average molecular weight is 536 g/mol. The summed E-state index contributed by atoms with van der Waals surface area (Å²) >= 11 is 1.18. The Hall–Kier alpha value is -4.38. The van der Waals surface area contributed by atoms with Gasteiger partial charge in [0.15, 0.2) is 11.0 Å². The van der Waals surface area contributed by atoms with E-state index in [2.05, 4.69) is 20.8 Å². The van der Waals surface area contributed by atoms with E-state index in [1.54, 1.807) is 28.8 Å². The predicted molar refractivity (Wildman–Crippen MR) is 142 cm³/mol. The van der Waals surface area contributed by atoms with Crippen LogP contribution in [-0.2, 0) is 11.3 Å². The molecular formula is C27H26FN5O4S. The second kappa shape index (κ2) is 12.7. The molecule has 0 saturated heterocycles. The number of hydrogen-bond donors (Lipinski definition) is 2. The van der Waals surface area contributed by atoms with Crippen LogP contribution in [0, 0.1) is 5.82 Å². The Morgan fingerprint density at radius 3 is 2.45 bits per heavy atom. The van der Waals surface area contributed by atoms with Crippen molar-refractivity contribution in [2.24, 2.45) is 0 Å². The normalized spacial score (nSPS) is 10.6. The van der Waals surface area contributed by atoms with Crippen molar-refractivity contribution in [1.82, 2.24) is 20.1 Å². The number of nitrogens with one attached hydrogen (secondary N) is 2. The van der Waals surface area contributed by atoms with Crippen LogP contribution in [0.15, 0.2) is 78.0 Å². The Labute approximate surface area is 223 Å². The van der Waals surface area contributed by atoms with Crippen LogP contribution in [0.25, 0.3) is 5.69 Å². The molecule has 9 nitrogen and oxygen atoms in total. The van der Waals surface area contributed by atoms with Crippen LogP contribution in [-0.4, -0.2) is 46.0 Å². The molecule has 0 unspecified atom stereocenters. The molecule has 38 heavy (non-hydrogen) atoms. The van der Waals surface area contributed by atoms with Crippen LogP contribution in [0.4, 0.5) is 10.1 Å².